The van der Waals surface area contributed by atoms with Gasteiger partial charge in [-0.25, -0.2) is 13.1 Å². The summed E-state index contributed by atoms with van der Waals surface area (Å²) >= 11 is 3.34. The molecule has 1 aliphatic rings. The Morgan fingerprint density at radius 1 is 1.43 bits per heavy atom. The minimum Gasteiger partial charge on any atom is -0.312 e. The van der Waals surface area contributed by atoms with E-state index in [1.807, 2.05) is 19.1 Å². The Morgan fingerprint density at radius 2 is 2.14 bits per heavy atom. The lowest BCUT2D eigenvalue weighted by Crippen LogP contribution is -2.52. The van der Waals surface area contributed by atoms with Gasteiger partial charge in [0.1, 0.15) is 0 Å². The van der Waals surface area contributed by atoms with Crippen LogP contribution in [0.2, 0.25) is 0 Å². The Hall–Kier alpha value is -0.430. The Kier molecular flexibility index (Phi) is 5.13. The van der Waals surface area contributed by atoms with E-state index in [0.29, 0.717) is 15.9 Å². The van der Waals surface area contributed by atoms with Gasteiger partial charge in [0.2, 0.25) is 10.0 Å². The van der Waals surface area contributed by atoms with Crippen LogP contribution in [0.3, 0.4) is 0 Å². The van der Waals surface area contributed by atoms with E-state index in [0.717, 1.165) is 24.9 Å². The predicted molar refractivity (Wildman–Crippen MR) is 88.9 cm³/mol. The Balaban J connectivity index is 2.11. The lowest BCUT2D eigenvalue weighted by Gasteiger charge is -2.39. The van der Waals surface area contributed by atoms with Gasteiger partial charge in [0.15, 0.2) is 0 Å². The van der Waals surface area contributed by atoms with Crippen LogP contribution in [0.1, 0.15) is 32.3 Å². The summed E-state index contributed by atoms with van der Waals surface area (Å²) in [6.07, 6.45) is 2.25. The van der Waals surface area contributed by atoms with E-state index in [1.165, 1.54) is 0 Å². The maximum Gasteiger partial charge on any atom is 0.241 e. The highest BCUT2D eigenvalue weighted by atomic mass is 79.9. The van der Waals surface area contributed by atoms with Crippen molar-refractivity contribution in [2.75, 3.05) is 13.1 Å². The second-order valence-corrected chi connectivity index (χ2v) is 8.97. The summed E-state index contributed by atoms with van der Waals surface area (Å²) in [5, 5.41) is 3.42. The van der Waals surface area contributed by atoms with Gasteiger partial charge in [0, 0.05) is 17.1 Å². The number of rotatable bonds is 4. The molecular formula is C15H23BrN2O2S. The molecule has 6 heteroatoms. The van der Waals surface area contributed by atoms with Crippen molar-refractivity contribution < 1.29 is 8.42 Å². The predicted octanol–water partition coefficient (Wildman–Crippen LogP) is 2.81. The first kappa shape index (κ1) is 16.9. The van der Waals surface area contributed by atoms with Gasteiger partial charge in [0.05, 0.1) is 4.90 Å². The number of aryl methyl sites for hydroxylation is 1. The summed E-state index contributed by atoms with van der Waals surface area (Å²) in [5.41, 5.74) is 1.13. The van der Waals surface area contributed by atoms with Crippen molar-refractivity contribution in [3.63, 3.8) is 0 Å². The van der Waals surface area contributed by atoms with Crippen molar-refractivity contribution in [2.24, 2.45) is 5.41 Å². The molecule has 0 bridgehead atoms. The van der Waals surface area contributed by atoms with E-state index in [1.54, 1.807) is 6.07 Å². The molecule has 1 atom stereocenters. The number of nitrogens with one attached hydrogen (secondary N) is 2. The van der Waals surface area contributed by atoms with Crippen molar-refractivity contribution in [1.29, 1.82) is 0 Å². The Bertz CT molecular complexity index is 614. The average Bonchev–Trinajstić information content (AvgIpc) is 2.36. The van der Waals surface area contributed by atoms with Crippen molar-refractivity contribution in [3.05, 3.63) is 28.2 Å². The molecule has 2 rings (SSSR count). The second-order valence-electron chi connectivity index (χ2n) is 6.38. The maximum atomic E-state index is 12.4. The van der Waals surface area contributed by atoms with Gasteiger partial charge < -0.3 is 5.32 Å². The zero-order chi connectivity index (χ0) is 15.7. The van der Waals surface area contributed by atoms with Gasteiger partial charge in [-0.1, -0.05) is 19.9 Å². The molecule has 2 N–H and O–H groups in total. The molecular weight excluding hydrogens is 352 g/mol. The number of hydrogen-bond acceptors (Lipinski definition) is 3. The quantitative estimate of drug-likeness (QED) is 0.851. The first-order chi connectivity index (χ1) is 9.72. The molecule has 1 heterocycles. The van der Waals surface area contributed by atoms with Crippen molar-refractivity contribution >= 4 is 26.0 Å². The number of sulfonamides is 1. The fourth-order valence-electron chi connectivity index (χ4n) is 2.71. The van der Waals surface area contributed by atoms with E-state index in [9.17, 15) is 8.42 Å². The van der Waals surface area contributed by atoms with Crippen LogP contribution in [0.4, 0.5) is 0 Å². The SMILES string of the molecule is Cc1ccc(S(=O)(=O)NCC2NCCCC2(C)C)c(Br)c1. The lowest BCUT2D eigenvalue weighted by molar-refractivity contribution is 0.181. The third-order valence-electron chi connectivity index (χ3n) is 4.19. The van der Waals surface area contributed by atoms with E-state index in [2.05, 4.69) is 39.8 Å². The fourth-order valence-corrected chi connectivity index (χ4v) is 4.95. The molecule has 118 valence electrons. The van der Waals surface area contributed by atoms with Crippen molar-refractivity contribution in [1.82, 2.24) is 10.0 Å². The normalized spacial score (nSPS) is 22.2. The zero-order valence-electron chi connectivity index (χ0n) is 12.7. The minimum atomic E-state index is -3.49. The monoisotopic (exact) mass is 374 g/mol. The maximum absolute atomic E-state index is 12.4. The lowest BCUT2D eigenvalue weighted by atomic mass is 9.78. The Labute approximate surface area is 135 Å². The van der Waals surface area contributed by atoms with E-state index < -0.39 is 10.0 Å². The second kappa shape index (κ2) is 6.36. The third kappa shape index (κ3) is 4.06. The molecule has 0 radical (unpaired) electrons. The summed E-state index contributed by atoms with van der Waals surface area (Å²) in [5.74, 6) is 0. The number of hydrogen-bond donors (Lipinski definition) is 2. The van der Waals surface area contributed by atoms with Crippen LogP contribution in [-0.2, 0) is 10.0 Å². The topological polar surface area (TPSA) is 58.2 Å². The van der Waals surface area contributed by atoms with E-state index in [-0.39, 0.29) is 11.5 Å². The first-order valence-corrected chi connectivity index (χ1v) is 9.49. The summed E-state index contributed by atoms with van der Waals surface area (Å²) in [7, 11) is -3.49. The van der Waals surface area contributed by atoms with Crippen LogP contribution in [0, 0.1) is 12.3 Å². The zero-order valence-corrected chi connectivity index (χ0v) is 15.1. The highest BCUT2D eigenvalue weighted by molar-refractivity contribution is 9.10. The van der Waals surface area contributed by atoms with Crippen LogP contribution < -0.4 is 10.0 Å². The summed E-state index contributed by atoms with van der Waals surface area (Å²) in [6, 6.07) is 5.42. The van der Waals surface area contributed by atoms with Crippen LogP contribution >= 0.6 is 15.9 Å². The molecule has 0 aliphatic carbocycles. The van der Waals surface area contributed by atoms with Crippen LogP contribution in [0.15, 0.2) is 27.6 Å². The van der Waals surface area contributed by atoms with E-state index in [4.69, 9.17) is 0 Å². The molecule has 0 aromatic heterocycles. The molecule has 1 aliphatic heterocycles. The van der Waals surface area contributed by atoms with Crippen LogP contribution in [-0.4, -0.2) is 27.5 Å². The Morgan fingerprint density at radius 3 is 2.76 bits per heavy atom. The van der Waals surface area contributed by atoms with Gasteiger partial charge in [-0.2, -0.15) is 0 Å². The first-order valence-electron chi connectivity index (χ1n) is 7.21. The standard InChI is InChI=1S/C15H23BrN2O2S/c1-11-5-6-13(12(16)9-11)21(19,20)18-10-14-15(2,3)7-4-8-17-14/h5-6,9,14,17-18H,4,7-8,10H2,1-3H3. The average molecular weight is 375 g/mol. The smallest absolute Gasteiger partial charge is 0.241 e. The molecule has 0 saturated carbocycles. The molecule has 0 spiro atoms. The number of halogens is 1. The fraction of sp³-hybridized carbons (Fsp3) is 0.600. The van der Waals surface area contributed by atoms with Gasteiger partial charge >= 0.3 is 0 Å². The summed E-state index contributed by atoms with van der Waals surface area (Å²) in [6.45, 7) is 7.66. The van der Waals surface area contributed by atoms with Gasteiger partial charge in [0.25, 0.3) is 0 Å². The highest BCUT2D eigenvalue weighted by Gasteiger charge is 2.32. The molecule has 1 saturated heterocycles. The molecule has 4 nitrogen and oxygen atoms in total. The molecule has 1 fully saturated rings. The molecule has 21 heavy (non-hydrogen) atoms. The summed E-state index contributed by atoms with van der Waals surface area (Å²) in [4.78, 5) is 0.293. The molecule has 1 aromatic rings. The third-order valence-corrected chi connectivity index (χ3v) is 6.59. The largest absolute Gasteiger partial charge is 0.312 e. The van der Waals surface area contributed by atoms with Crippen LogP contribution in [0.25, 0.3) is 0 Å². The molecule has 1 aromatic carbocycles. The summed E-state index contributed by atoms with van der Waals surface area (Å²) < 4.78 is 28.2. The van der Waals surface area contributed by atoms with Gasteiger partial charge in [-0.15, -0.1) is 0 Å². The highest BCUT2D eigenvalue weighted by Crippen LogP contribution is 2.30. The van der Waals surface area contributed by atoms with Gasteiger partial charge in [-0.05, 0) is 65.4 Å². The molecule has 0 amide bonds. The van der Waals surface area contributed by atoms with Crippen LogP contribution in [0.5, 0.6) is 0 Å². The van der Waals surface area contributed by atoms with E-state index >= 15 is 0 Å². The molecule has 1 unspecified atom stereocenters. The van der Waals surface area contributed by atoms with Crippen molar-refractivity contribution in [2.45, 2.75) is 44.6 Å². The number of piperidine rings is 1. The number of benzene rings is 1. The minimum absolute atomic E-state index is 0.102. The van der Waals surface area contributed by atoms with Crippen molar-refractivity contribution in [3.8, 4) is 0 Å². The van der Waals surface area contributed by atoms with Gasteiger partial charge in [-0.3, -0.25) is 0 Å².